The van der Waals surface area contributed by atoms with E-state index in [1.165, 1.54) is 11.8 Å². The maximum atomic E-state index is 12.7. The number of ether oxygens (including phenoxy) is 1. The van der Waals surface area contributed by atoms with Crippen LogP contribution in [-0.4, -0.2) is 81.3 Å². The van der Waals surface area contributed by atoms with Gasteiger partial charge in [0.1, 0.15) is 29.9 Å². The molecule has 2 rings (SSSR count). The van der Waals surface area contributed by atoms with Gasteiger partial charge in [-0.2, -0.15) is 0 Å². The van der Waals surface area contributed by atoms with E-state index in [1.54, 1.807) is 13.2 Å². The Morgan fingerprint density at radius 1 is 1.35 bits per heavy atom. The highest BCUT2D eigenvalue weighted by molar-refractivity contribution is 7.99. The lowest BCUT2D eigenvalue weighted by atomic mass is 9.89. The highest BCUT2D eigenvalue weighted by Crippen LogP contribution is 2.30. The molecular weight excluding hydrogens is 380 g/mol. The van der Waals surface area contributed by atoms with Gasteiger partial charge in [0.25, 0.3) is 0 Å². The molecule has 0 unspecified atom stereocenters. The number of piperidine rings is 1. The summed E-state index contributed by atoms with van der Waals surface area (Å²) in [5.41, 5.74) is -0.703. The highest BCUT2D eigenvalue weighted by Gasteiger charge is 2.48. The Bertz CT molecular complexity index is 470. The number of halogens is 1. The highest BCUT2D eigenvalue weighted by atomic mass is 35.5. The van der Waals surface area contributed by atoms with Crippen LogP contribution < -0.4 is 10.6 Å². The normalized spacial score (nSPS) is 40.7. The number of hydrogen-bond donors (Lipinski definition) is 5. The third kappa shape index (κ3) is 5.04. The smallest absolute Gasteiger partial charge is 0.237 e. The van der Waals surface area contributed by atoms with E-state index in [-0.39, 0.29) is 11.9 Å². The molecule has 0 radical (unpaired) electrons. The van der Waals surface area contributed by atoms with Crippen molar-refractivity contribution in [3.63, 3.8) is 0 Å². The summed E-state index contributed by atoms with van der Waals surface area (Å²) >= 11 is 7.51. The second kappa shape index (κ2) is 9.91. The van der Waals surface area contributed by atoms with Gasteiger partial charge >= 0.3 is 0 Å². The molecule has 9 heteroatoms. The number of rotatable bonds is 6. The Kier molecular flexibility index (Phi) is 8.46. The molecule has 0 spiro atoms. The lowest BCUT2D eigenvalue weighted by Gasteiger charge is -2.44. The largest absolute Gasteiger partial charge is 0.388 e. The van der Waals surface area contributed by atoms with Crippen LogP contribution in [0.25, 0.3) is 0 Å². The van der Waals surface area contributed by atoms with Crippen LogP contribution in [0.3, 0.4) is 0 Å². The summed E-state index contributed by atoms with van der Waals surface area (Å²) in [5, 5.41) is 36.1. The van der Waals surface area contributed by atoms with E-state index in [0.717, 1.165) is 25.8 Å². The molecule has 0 aliphatic carbocycles. The van der Waals surface area contributed by atoms with Gasteiger partial charge in [0, 0.05) is 0 Å². The second-order valence-electron chi connectivity index (χ2n) is 7.19. The molecule has 9 atom stereocenters. The molecular formula is C17H31ClN2O5S. The molecule has 2 aliphatic heterocycles. The standard InChI is InChI=1S/C17H31ClN2O5S/c1-4-9-5-6-19-10(7-9)16(24)20-11(8(2)18)15-13(22)12(21)14(23)17(25-15)26-3/h8-15,17,19,21-23H,4-7H2,1-3H3,(H,20,24)/t8-,9-,10+,11+,12-,13-,14+,15-,17-/m1/s1. The molecule has 7 nitrogen and oxygen atoms in total. The Labute approximate surface area is 164 Å². The number of aliphatic hydroxyl groups excluding tert-OH is 3. The minimum absolute atomic E-state index is 0.183. The summed E-state index contributed by atoms with van der Waals surface area (Å²) in [6, 6.07) is -1.00. The number of amides is 1. The lowest BCUT2D eigenvalue weighted by Crippen LogP contribution is -2.65. The minimum atomic E-state index is -1.36. The van der Waals surface area contributed by atoms with Crippen LogP contribution in [0.5, 0.6) is 0 Å². The number of thioether (sulfide) groups is 1. The van der Waals surface area contributed by atoms with Crippen molar-refractivity contribution in [2.24, 2.45) is 5.92 Å². The van der Waals surface area contributed by atoms with E-state index in [9.17, 15) is 20.1 Å². The van der Waals surface area contributed by atoms with Crippen LogP contribution in [-0.2, 0) is 9.53 Å². The summed E-state index contributed by atoms with van der Waals surface area (Å²) in [7, 11) is 0. The first kappa shape index (κ1) is 22.2. The maximum Gasteiger partial charge on any atom is 0.237 e. The summed E-state index contributed by atoms with van der Waals surface area (Å²) in [6.45, 7) is 4.62. The van der Waals surface area contributed by atoms with E-state index < -0.39 is 41.3 Å². The van der Waals surface area contributed by atoms with Gasteiger partial charge in [-0.05, 0) is 38.5 Å². The monoisotopic (exact) mass is 410 g/mol. The number of carbonyl (C=O) groups is 1. The van der Waals surface area contributed by atoms with Crippen LogP contribution in [0.4, 0.5) is 0 Å². The summed E-state index contributed by atoms with van der Waals surface area (Å²) in [5.74, 6) is 0.325. The van der Waals surface area contributed by atoms with Crippen molar-refractivity contribution in [1.29, 1.82) is 0 Å². The number of carbonyl (C=O) groups excluding carboxylic acids is 1. The molecule has 5 N–H and O–H groups in total. The van der Waals surface area contributed by atoms with E-state index in [1.807, 2.05) is 0 Å². The summed E-state index contributed by atoms with van der Waals surface area (Å²) in [4.78, 5) is 12.7. The first-order chi connectivity index (χ1) is 12.3. The fraction of sp³-hybridized carbons (Fsp3) is 0.941. The van der Waals surface area contributed by atoms with Crippen LogP contribution in [0.1, 0.15) is 33.1 Å². The van der Waals surface area contributed by atoms with Crippen LogP contribution >= 0.6 is 23.4 Å². The van der Waals surface area contributed by atoms with E-state index >= 15 is 0 Å². The topological polar surface area (TPSA) is 111 Å². The third-order valence-corrected chi connectivity index (χ3v) is 6.53. The SMILES string of the molecule is CC[C@@H]1CCN[C@H](C(=O)N[C@H]([C@H]2O[C@H](SC)[C@@H](O)[C@H](O)[C@H]2O)[C@@H](C)Cl)C1. The molecule has 0 aromatic carbocycles. The lowest BCUT2D eigenvalue weighted by molar-refractivity contribution is -0.205. The van der Waals surface area contributed by atoms with Gasteiger partial charge in [-0.1, -0.05) is 13.3 Å². The Hall–Kier alpha value is -0.0900. The average molecular weight is 411 g/mol. The Morgan fingerprint density at radius 3 is 2.62 bits per heavy atom. The van der Waals surface area contributed by atoms with Crippen molar-refractivity contribution >= 4 is 29.3 Å². The predicted molar refractivity (Wildman–Crippen MR) is 102 cm³/mol. The maximum absolute atomic E-state index is 12.7. The number of nitrogens with one attached hydrogen (secondary N) is 2. The zero-order chi connectivity index (χ0) is 19.4. The first-order valence-electron chi connectivity index (χ1n) is 9.20. The average Bonchev–Trinajstić information content (AvgIpc) is 2.64. The van der Waals surface area contributed by atoms with Gasteiger partial charge in [-0.25, -0.2) is 0 Å². The number of hydrogen-bond acceptors (Lipinski definition) is 7. The van der Waals surface area contributed by atoms with Gasteiger partial charge in [-0.3, -0.25) is 4.79 Å². The number of aliphatic hydroxyl groups is 3. The number of alkyl halides is 1. The Balaban J connectivity index is 2.09. The first-order valence-corrected chi connectivity index (χ1v) is 10.9. The molecule has 152 valence electrons. The van der Waals surface area contributed by atoms with Crippen LogP contribution in [0.15, 0.2) is 0 Å². The van der Waals surface area contributed by atoms with E-state index in [0.29, 0.717) is 5.92 Å². The van der Waals surface area contributed by atoms with Crippen molar-refractivity contribution in [3.8, 4) is 0 Å². The molecule has 0 saturated carbocycles. The molecule has 2 saturated heterocycles. The Morgan fingerprint density at radius 2 is 2.04 bits per heavy atom. The second-order valence-corrected chi connectivity index (χ2v) is 8.82. The molecule has 0 aromatic rings. The van der Waals surface area contributed by atoms with Crippen LogP contribution in [0, 0.1) is 5.92 Å². The van der Waals surface area contributed by atoms with Crippen molar-refractivity contribution in [2.45, 2.75) is 80.4 Å². The fourth-order valence-electron chi connectivity index (χ4n) is 3.66. The summed E-state index contributed by atoms with van der Waals surface area (Å²) in [6.07, 6.45) is -0.236. The van der Waals surface area contributed by atoms with Crippen molar-refractivity contribution in [2.75, 3.05) is 12.8 Å². The predicted octanol–water partition coefficient (Wildman–Crippen LogP) is 0.0473. The third-order valence-electron chi connectivity index (χ3n) is 5.40. The van der Waals surface area contributed by atoms with Gasteiger partial charge in [-0.15, -0.1) is 23.4 Å². The van der Waals surface area contributed by atoms with E-state index in [4.69, 9.17) is 16.3 Å². The zero-order valence-electron chi connectivity index (χ0n) is 15.5. The fourth-order valence-corrected chi connectivity index (χ4v) is 4.54. The molecule has 2 heterocycles. The molecule has 26 heavy (non-hydrogen) atoms. The molecule has 2 fully saturated rings. The molecule has 0 aromatic heterocycles. The molecule has 2 aliphatic rings. The van der Waals surface area contributed by atoms with Crippen molar-refractivity contribution < 1.29 is 24.9 Å². The van der Waals surface area contributed by atoms with Gasteiger partial charge in [0.05, 0.1) is 17.5 Å². The molecule has 1 amide bonds. The minimum Gasteiger partial charge on any atom is -0.388 e. The summed E-state index contributed by atoms with van der Waals surface area (Å²) < 4.78 is 5.77. The molecule has 0 bridgehead atoms. The van der Waals surface area contributed by atoms with Crippen LogP contribution in [0.2, 0.25) is 0 Å². The van der Waals surface area contributed by atoms with Gasteiger partial charge in [0.2, 0.25) is 5.91 Å². The van der Waals surface area contributed by atoms with Crippen molar-refractivity contribution in [3.05, 3.63) is 0 Å². The van der Waals surface area contributed by atoms with Gasteiger partial charge < -0.3 is 30.7 Å². The quantitative estimate of drug-likeness (QED) is 0.393. The zero-order valence-corrected chi connectivity index (χ0v) is 17.0. The van der Waals surface area contributed by atoms with Crippen molar-refractivity contribution in [1.82, 2.24) is 10.6 Å². The van der Waals surface area contributed by atoms with E-state index in [2.05, 4.69) is 17.6 Å². The van der Waals surface area contributed by atoms with Gasteiger partial charge in [0.15, 0.2) is 0 Å².